The highest BCUT2D eigenvalue weighted by Crippen LogP contribution is 2.33. The number of carbonyl (C=O) groups excluding carboxylic acids is 3. The zero-order chi connectivity index (χ0) is 24.6. The van der Waals surface area contributed by atoms with E-state index >= 15 is 0 Å². The number of fused-ring (bicyclic) bond motifs is 1. The van der Waals surface area contributed by atoms with Crippen LogP contribution >= 0.6 is 0 Å². The number of aryl methyl sites for hydroxylation is 1. The molecule has 2 aliphatic heterocycles. The molecule has 1 atom stereocenters. The number of amides is 3. The van der Waals surface area contributed by atoms with Crippen LogP contribution in [0.25, 0.3) is 11.3 Å². The molecule has 3 amide bonds. The lowest BCUT2D eigenvalue weighted by molar-refractivity contribution is -0.127. The van der Waals surface area contributed by atoms with Crippen molar-refractivity contribution in [2.45, 2.75) is 19.9 Å². The first-order valence-corrected chi connectivity index (χ1v) is 11.1. The third-order valence-corrected chi connectivity index (χ3v) is 6.33. The minimum atomic E-state index is -1.34. The van der Waals surface area contributed by atoms with Gasteiger partial charge in [0.2, 0.25) is 11.8 Å². The quantitative estimate of drug-likeness (QED) is 0.468. The van der Waals surface area contributed by atoms with Gasteiger partial charge in [0.15, 0.2) is 0 Å². The summed E-state index contributed by atoms with van der Waals surface area (Å²) >= 11 is 0. The largest absolute Gasteiger partial charge is 0.497 e. The number of hydrogen-bond acceptors (Lipinski definition) is 6. The fraction of sp³-hybridized carbons (Fsp3) is 0.222. The van der Waals surface area contributed by atoms with E-state index in [1.54, 1.807) is 35.6 Å². The summed E-state index contributed by atoms with van der Waals surface area (Å²) in [5, 5.41) is 2.35. The Kier molecular flexibility index (Phi) is 5.53. The van der Waals surface area contributed by atoms with Gasteiger partial charge in [-0.3, -0.25) is 29.7 Å². The number of nitrogens with zero attached hydrogens (tertiary/aromatic N) is 3. The summed E-state index contributed by atoms with van der Waals surface area (Å²) in [6.07, 6.45) is 5.00. The van der Waals surface area contributed by atoms with Gasteiger partial charge in [-0.1, -0.05) is 17.9 Å². The number of aromatic nitrogens is 2. The summed E-state index contributed by atoms with van der Waals surface area (Å²) in [5.74, 6) is 5.47. The second-order valence-electron chi connectivity index (χ2n) is 8.69. The van der Waals surface area contributed by atoms with Crippen LogP contribution in [0.3, 0.4) is 0 Å². The average Bonchev–Trinajstić information content (AvgIpc) is 3.32. The van der Waals surface area contributed by atoms with Gasteiger partial charge in [0, 0.05) is 48.4 Å². The molecule has 0 unspecified atom stereocenters. The lowest BCUT2D eigenvalue weighted by atomic mass is 9.85. The number of methoxy groups -OCH3 is 1. The number of pyridine rings is 2. The number of imide groups is 1. The molecule has 3 aromatic rings. The van der Waals surface area contributed by atoms with Gasteiger partial charge < -0.3 is 9.64 Å². The molecule has 1 aromatic carbocycles. The first-order chi connectivity index (χ1) is 16.9. The van der Waals surface area contributed by atoms with E-state index in [1.165, 1.54) is 7.11 Å². The molecule has 1 fully saturated rings. The van der Waals surface area contributed by atoms with Crippen molar-refractivity contribution in [3.8, 4) is 28.8 Å². The smallest absolute Gasteiger partial charge is 0.254 e. The molecule has 0 radical (unpaired) electrons. The van der Waals surface area contributed by atoms with Crippen LogP contribution in [0.15, 0.2) is 55.0 Å². The van der Waals surface area contributed by atoms with Gasteiger partial charge in [-0.2, -0.15) is 0 Å². The number of rotatable bonds is 4. The van der Waals surface area contributed by atoms with E-state index in [0.29, 0.717) is 23.4 Å². The fourth-order valence-electron chi connectivity index (χ4n) is 4.38. The fourth-order valence-corrected chi connectivity index (χ4v) is 4.38. The number of nitrogens with one attached hydrogen (secondary N) is 1. The van der Waals surface area contributed by atoms with Gasteiger partial charge in [0.05, 0.1) is 19.2 Å². The highest BCUT2D eigenvalue weighted by Gasteiger charge is 2.48. The Morgan fingerprint density at radius 1 is 1.11 bits per heavy atom. The molecule has 174 valence electrons. The molecule has 0 aliphatic carbocycles. The maximum Gasteiger partial charge on any atom is 0.254 e. The van der Waals surface area contributed by atoms with E-state index in [2.05, 4.69) is 27.1 Å². The summed E-state index contributed by atoms with van der Waals surface area (Å²) in [4.78, 5) is 48.2. The van der Waals surface area contributed by atoms with Crippen molar-refractivity contribution in [1.29, 1.82) is 0 Å². The van der Waals surface area contributed by atoms with Gasteiger partial charge >= 0.3 is 0 Å². The Bertz CT molecular complexity index is 1420. The molecule has 35 heavy (non-hydrogen) atoms. The van der Waals surface area contributed by atoms with Crippen molar-refractivity contribution in [3.05, 3.63) is 77.2 Å². The predicted octanol–water partition coefficient (Wildman–Crippen LogP) is 2.50. The minimum absolute atomic E-state index is 0.00773. The molecule has 1 saturated heterocycles. The Morgan fingerprint density at radius 2 is 1.97 bits per heavy atom. The van der Waals surface area contributed by atoms with Crippen molar-refractivity contribution in [2.75, 3.05) is 13.7 Å². The van der Waals surface area contributed by atoms with E-state index in [1.807, 2.05) is 31.2 Å². The summed E-state index contributed by atoms with van der Waals surface area (Å²) in [5.41, 5.74) is 3.38. The van der Waals surface area contributed by atoms with E-state index in [-0.39, 0.29) is 18.9 Å². The highest BCUT2D eigenvalue weighted by molar-refractivity contribution is 6.08. The Labute approximate surface area is 202 Å². The van der Waals surface area contributed by atoms with Crippen molar-refractivity contribution in [3.63, 3.8) is 0 Å². The van der Waals surface area contributed by atoms with Gasteiger partial charge in [-0.05, 0) is 48.4 Å². The van der Waals surface area contributed by atoms with E-state index < -0.39 is 17.2 Å². The van der Waals surface area contributed by atoms with Crippen molar-refractivity contribution >= 4 is 17.7 Å². The highest BCUT2D eigenvalue weighted by atomic mass is 16.5. The number of carbonyl (C=O) groups is 3. The standard InChI is InChI=1S/C27H22N4O4/c1-17-8-10-28-14-22(17)23-6-3-18(13-29-23)7-9-27(12-24(32)30-26(27)34)16-31-15-19-4-5-20(35-2)11-21(19)25(31)33/h3-6,8,10-11,13-14H,12,15-16H2,1-2H3,(H,30,32,34)/t27-/m1/s1. The molecule has 0 bridgehead atoms. The summed E-state index contributed by atoms with van der Waals surface area (Å²) < 4.78 is 5.23. The summed E-state index contributed by atoms with van der Waals surface area (Å²) in [6, 6.07) is 10.9. The molecule has 2 aliphatic rings. The van der Waals surface area contributed by atoms with Crippen LogP contribution in [0.2, 0.25) is 0 Å². The van der Waals surface area contributed by atoms with Gasteiger partial charge in [0.25, 0.3) is 5.91 Å². The SMILES string of the molecule is COc1ccc2c(c1)C(=O)N(C[C@@]1(C#Cc3ccc(-c4cnccc4C)nc3)CC(=O)NC1=O)C2. The first kappa shape index (κ1) is 22.3. The number of benzene rings is 1. The zero-order valence-electron chi connectivity index (χ0n) is 19.3. The molecule has 5 rings (SSSR count). The van der Waals surface area contributed by atoms with Crippen LogP contribution in [-0.4, -0.2) is 46.2 Å². The Morgan fingerprint density at radius 3 is 2.66 bits per heavy atom. The Balaban J connectivity index is 1.42. The topological polar surface area (TPSA) is 101 Å². The molecule has 0 spiro atoms. The monoisotopic (exact) mass is 466 g/mol. The normalized spacial score (nSPS) is 18.7. The molecule has 0 saturated carbocycles. The van der Waals surface area contributed by atoms with Gasteiger partial charge in [0.1, 0.15) is 11.2 Å². The first-order valence-electron chi connectivity index (χ1n) is 11.1. The van der Waals surface area contributed by atoms with E-state index in [0.717, 1.165) is 22.4 Å². The summed E-state index contributed by atoms with van der Waals surface area (Å²) in [7, 11) is 1.54. The molecule has 4 heterocycles. The maximum atomic E-state index is 13.0. The molecule has 2 aromatic heterocycles. The predicted molar refractivity (Wildman–Crippen MR) is 127 cm³/mol. The van der Waals surface area contributed by atoms with Crippen molar-refractivity contribution < 1.29 is 19.1 Å². The van der Waals surface area contributed by atoms with Crippen LogP contribution in [0.4, 0.5) is 0 Å². The van der Waals surface area contributed by atoms with Crippen LogP contribution in [0, 0.1) is 24.2 Å². The zero-order valence-corrected chi connectivity index (χ0v) is 19.3. The molecule has 1 N–H and O–H groups in total. The third kappa shape index (κ3) is 4.13. The lowest BCUT2D eigenvalue weighted by Gasteiger charge is -2.25. The van der Waals surface area contributed by atoms with E-state index in [4.69, 9.17) is 4.74 Å². The van der Waals surface area contributed by atoms with E-state index in [9.17, 15) is 14.4 Å². The third-order valence-electron chi connectivity index (χ3n) is 6.33. The van der Waals surface area contributed by atoms with Crippen molar-refractivity contribution in [1.82, 2.24) is 20.2 Å². The Hall–Kier alpha value is -4.51. The van der Waals surface area contributed by atoms with Crippen molar-refractivity contribution in [2.24, 2.45) is 5.41 Å². The second kappa shape index (κ2) is 8.69. The molecule has 8 nitrogen and oxygen atoms in total. The molecular weight excluding hydrogens is 444 g/mol. The summed E-state index contributed by atoms with van der Waals surface area (Å²) in [6.45, 7) is 2.33. The molecular formula is C27H22N4O4. The van der Waals surface area contributed by atoms with Crippen LogP contribution < -0.4 is 10.1 Å². The average molecular weight is 466 g/mol. The number of ether oxygens (including phenoxy) is 1. The maximum absolute atomic E-state index is 13.0. The van der Waals surface area contributed by atoms with Crippen LogP contribution in [-0.2, 0) is 16.1 Å². The second-order valence-corrected chi connectivity index (χ2v) is 8.69. The number of hydrogen-bond donors (Lipinski definition) is 1. The van der Waals surface area contributed by atoms with Gasteiger partial charge in [-0.25, -0.2) is 0 Å². The minimum Gasteiger partial charge on any atom is -0.497 e. The molecule has 8 heteroatoms. The lowest BCUT2D eigenvalue weighted by Crippen LogP contribution is -2.42. The van der Waals surface area contributed by atoms with Crippen LogP contribution in [0.5, 0.6) is 5.75 Å². The van der Waals surface area contributed by atoms with Crippen LogP contribution in [0.1, 0.15) is 33.5 Å². The van der Waals surface area contributed by atoms with Gasteiger partial charge in [-0.15, -0.1) is 0 Å².